The zero-order valence-electron chi connectivity index (χ0n) is 17.3. The highest BCUT2D eigenvalue weighted by molar-refractivity contribution is 5.99. The van der Waals surface area contributed by atoms with E-state index in [0.29, 0.717) is 6.61 Å². The van der Waals surface area contributed by atoms with Gasteiger partial charge in [0.25, 0.3) is 0 Å². The summed E-state index contributed by atoms with van der Waals surface area (Å²) in [5, 5.41) is 2.98. The molecule has 3 aromatic carbocycles. The van der Waals surface area contributed by atoms with Crippen molar-refractivity contribution >= 4 is 28.4 Å². The van der Waals surface area contributed by atoms with Gasteiger partial charge in [0.2, 0.25) is 0 Å². The first-order chi connectivity index (χ1) is 14.8. The summed E-state index contributed by atoms with van der Waals surface area (Å²) in [6, 6.07) is 18.0. The Hall–Kier alpha value is -2.85. The van der Waals surface area contributed by atoms with E-state index in [4.69, 9.17) is 4.74 Å². The van der Waals surface area contributed by atoms with Crippen molar-refractivity contribution in [3.63, 3.8) is 0 Å². The minimum absolute atomic E-state index is 0.579. The normalized spacial score (nSPS) is 17.9. The molecule has 1 aliphatic carbocycles. The van der Waals surface area contributed by atoms with Crippen LogP contribution in [0.15, 0.2) is 53.5 Å². The average Bonchev–Trinajstić information content (AvgIpc) is 3.23. The molecular formula is C26H27N3O. The maximum Gasteiger partial charge on any atom is 0.145 e. The number of aryl methyl sites for hydroxylation is 2. The molecular weight excluding hydrogens is 370 g/mol. The van der Waals surface area contributed by atoms with Crippen LogP contribution in [-0.4, -0.2) is 50.4 Å². The second-order valence-electron chi connectivity index (χ2n) is 8.59. The fourth-order valence-corrected chi connectivity index (χ4v) is 5.21. The zero-order valence-corrected chi connectivity index (χ0v) is 17.3. The van der Waals surface area contributed by atoms with Crippen LogP contribution >= 0.6 is 0 Å². The van der Waals surface area contributed by atoms with Crippen molar-refractivity contribution in [3.8, 4) is 5.75 Å². The molecule has 1 fully saturated rings. The molecule has 4 nitrogen and oxygen atoms in total. The molecule has 0 N–H and O–H groups in total. The summed E-state index contributed by atoms with van der Waals surface area (Å²) in [6.45, 7) is 6.11. The zero-order chi connectivity index (χ0) is 19.9. The highest BCUT2D eigenvalue weighted by Crippen LogP contribution is 2.37. The van der Waals surface area contributed by atoms with Gasteiger partial charge in [0.15, 0.2) is 0 Å². The van der Waals surface area contributed by atoms with Crippen molar-refractivity contribution in [2.45, 2.75) is 19.3 Å². The Morgan fingerprint density at radius 2 is 1.77 bits per heavy atom. The molecule has 3 aromatic rings. The second kappa shape index (κ2) is 7.44. The van der Waals surface area contributed by atoms with Crippen LogP contribution in [0.5, 0.6) is 5.75 Å². The summed E-state index contributed by atoms with van der Waals surface area (Å²) in [5.74, 6) is 0.903. The summed E-state index contributed by atoms with van der Waals surface area (Å²) in [7, 11) is 0. The molecule has 4 heteroatoms. The SMILES string of the molecule is C1=Nc2cc(CCN3CCN(c4ccc5c6c(cccc46)CC5)CC3)ccc2OC1. The molecule has 1 saturated heterocycles. The minimum Gasteiger partial charge on any atom is -0.486 e. The third-order valence-corrected chi connectivity index (χ3v) is 6.85. The molecule has 152 valence electrons. The van der Waals surface area contributed by atoms with E-state index >= 15 is 0 Å². The highest BCUT2D eigenvalue weighted by Gasteiger charge is 2.22. The van der Waals surface area contributed by atoms with Crippen molar-refractivity contribution in [3.05, 3.63) is 65.2 Å². The van der Waals surface area contributed by atoms with E-state index in [-0.39, 0.29) is 0 Å². The molecule has 0 radical (unpaired) electrons. The van der Waals surface area contributed by atoms with Crippen LogP contribution in [0.4, 0.5) is 11.4 Å². The van der Waals surface area contributed by atoms with E-state index in [1.807, 2.05) is 6.21 Å². The molecule has 3 aliphatic rings. The number of aliphatic imine (C=N–C) groups is 1. The van der Waals surface area contributed by atoms with Gasteiger partial charge in [-0.2, -0.15) is 0 Å². The smallest absolute Gasteiger partial charge is 0.145 e. The summed E-state index contributed by atoms with van der Waals surface area (Å²) in [4.78, 5) is 9.64. The molecule has 0 amide bonds. The van der Waals surface area contributed by atoms with Gasteiger partial charge in [-0.05, 0) is 59.5 Å². The van der Waals surface area contributed by atoms with Crippen molar-refractivity contribution < 1.29 is 4.74 Å². The Kier molecular flexibility index (Phi) is 4.45. The van der Waals surface area contributed by atoms with Gasteiger partial charge in [-0.25, -0.2) is 0 Å². The first-order valence-corrected chi connectivity index (χ1v) is 11.1. The highest BCUT2D eigenvalue weighted by atomic mass is 16.5. The fourth-order valence-electron chi connectivity index (χ4n) is 5.21. The van der Waals surface area contributed by atoms with E-state index in [0.717, 1.165) is 50.6 Å². The molecule has 30 heavy (non-hydrogen) atoms. The molecule has 0 bridgehead atoms. The standard InChI is InChI=1S/C26H27N3O/c1-2-20-5-6-21-7-8-24(22(3-1)26(20)21)29-15-13-28(14-16-29)12-10-19-4-9-25-23(18-19)27-11-17-30-25/h1-4,7-9,11,18H,5-6,10,12-17H2. The third-order valence-electron chi connectivity index (χ3n) is 6.85. The molecule has 0 atom stereocenters. The molecule has 0 saturated carbocycles. The van der Waals surface area contributed by atoms with Crippen molar-refractivity contribution in [1.82, 2.24) is 4.90 Å². The Bertz CT molecular complexity index is 1120. The Morgan fingerprint density at radius 1 is 0.900 bits per heavy atom. The third kappa shape index (κ3) is 3.16. The number of anilines is 1. The predicted molar refractivity (Wildman–Crippen MR) is 124 cm³/mol. The lowest BCUT2D eigenvalue weighted by atomic mass is 10.0. The number of ether oxygens (including phenoxy) is 1. The molecule has 0 unspecified atom stereocenters. The first-order valence-electron chi connectivity index (χ1n) is 11.1. The quantitative estimate of drug-likeness (QED) is 0.653. The number of nitrogens with zero attached hydrogens (tertiary/aromatic N) is 3. The van der Waals surface area contributed by atoms with Gasteiger partial charge in [-0.3, -0.25) is 9.89 Å². The number of hydrogen-bond donors (Lipinski definition) is 0. The van der Waals surface area contributed by atoms with Crippen molar-refractivity contribution in [1.29, 1.82) is 0 Å². The number of rotatable bonds is 4. The van der Waals surface area contributed by atoms with Crippen LogP contribution in [0.3, 0.4) is 0 Å². The van der Waals surface area contributed by atoms with E-state index in [1.54, 1.807) is 0 Å². The lowest BCUT2D eigenvalue weighted by Gasteiger charge is -2.36. The Balaban J connectivity index is 1.11. The second-order valence-corrected chi connectivity index (χ2v) is 8.59. The topological polar surface area (TPSA) is 28.1 Å². The summed E-state index contributed by atoms with van der Waals surface area (Å²) >= 11 is 0. The molecule has 2 heterocycles. The van der Waals surface area contributed by atoms with Crippen LogP contribution in [0.1, 0.15) is 16.7 Å². The van der Waals surface area contributed by atoms with E-state index in [9.17, 15) is 0 Å². The number of piperazine rings is 1. The molecule has 0 spiro atoms. The molecule has 6 rings (SSSR count). The van der Waals surface area contributed by atoms with Crippen LogP contribution < -0.4 is 9.64 Å². The average molecular weight is 398 g/mol. The van der Waals surface area contributed by atoms with Crippen molar-refractivity contribution in [2.24, 2.45) is 4.99 Å². The maximum absolute atomic E-state index is 5.61. The predicted octanol–water partition coefficient (Wildman–Crippen LogP) is 4.40. The van der Waals surface area contributed by atoms with Gasteiger partial charge in [-0.1, -0.05) is 30.3 Å². The van der Waals surface area contributed by atoms with E-state index < -0.39 is 0 Å². The van der Waals surface area contributed by atoms with E-state index in [2.05, 4.69) is 63.3 Å². The van der Waals surface area contributed by atoms with Crippen molar-refractivity contribution in [2.75, 3.05) is 44.2 Å². The Labute approximate surface area is 177 Å². The van der Waals surface area contributed by atoms with Crippen LogP contribution in [0.2, 0.25) is 0 Å². The summed E-state index contributed by atoms with van der Waals surface area (Å²) < 4.78 is 5.61. The number of hydrogen-bond acceptors (Lipinski definition) is 4. The van der Waals surface area contributed by atoms with Gasteiger partial charge in [0, 0.05) is 50.0 Å². The van der Waals surface area contributed by atoms with Gasteiger partial charge < -0.3 is 9.64 Å². The van der Waals surface area contributed by atoms with Gasteiger partial charge >= 0.3 is 0 Å². The first kappa shape index (κ1) is 18.0. The lowest BCUT2D eigenvalue weighted by Crippen LogP contribution is -2.47. The van der Waals surface area contributed by atoms with Crippen LogP contribution in [0.25, 0.3) is 10.8 Å². The molecule has 0 aromatic heterocycles. The van der Waals surface area contributed by atoms with Crippen LogP contribution in [-0.2, 0) is 19.3 Å². The summed E-state index contributed by atoms with van der Waals surface area (Å²) in [6.07, 6.45) is 5.30. The number of fused-ring (bicyclic) bond motifs is 1. The lowest BCUT2D eigenvalue weighted by molar-refractivity contribution is 0.261. The summed E-state index contributed by atoms with van der Waals surface area (Å²) in [5.41, 5.74) is 6.79. The number of benzene rings is 3. The van der Waals surface area contributed by atoms with Gasteiger partial charge in [0.1, 0.15) is 18.0 Å². The van der Waals surface area contributed by atoms with Gasteiger partial charge in [0.05, 0.1) is 0 Å². The minimum atomic E-state index is 0.579. The Morgan fingerprint density at radius 3 is 2.67 bits per heavy atom. The molecule has 2 aliphatic heterocycles. The largest absolute Gasteiger partial charge is 0.486 e. The van der Waals surface area contributed by atoms with Gasteiger partial charge in [-0.15, -0.1) is 0 Å². The monoisotopic (exact) mass is 397 g/mol. The maximum atomic E-state index is 5.61. The van der Waals surface area contributed by atoms with E-state index in [1.165, 1.54) is 46.0 Å². The van der Waals surface area contributed by atoms with Crippen LogP contribution in [0, 0.1) is 0 Å². The fraction of sp³-hybridized carbons (Fsp3) is 0.346.